The number of carbonyl (C=O) groups is 2. The van der Waals surface area contributed by atoms with Gasteiger partial charge in [0.2, 0.25) is 0 Å². The number of hydrogen-bond donors (Lipinski definition) is 0. The summed E-state index contributed by atoms with van der Waals surface area (Å²) in [7, 11) is 0. The maximum Gasteiger partial charge on any atom is 0.320 e. The molecule has 3 heteroatoms. The predicted molar refractivity (Wildman–Crippen MR) is 77.9 cm³/mol. The van der Waals surface area contributed by atoms with Gasteiger partial charge in [-0.3, -0.25) is 9.59 Å². The van der Waals surface area contributed by atoms with E-state index in [1.54, 1.807) is 13.8 Å². The fourth-order valence-corrected chi connectivity index (χ4v) is 2.64. The Hall–Kier alpha value is -1.64. The van der Waals surface area contributed by atoms with Gasteiger partial charge in [0.1, 0.15) is 5.41 Å². The van der Waals surface area contributed by atoms with Gasteiger partial charge in [0, 0.05) is 5.56 Å². The predicted octanol–water partition coefficient (Wildman–Crippen LogP) is 3.29. The molecule has 20 heavy (non-hydrogen) atoms. The molecule has 0 saturated carbocycles. The average Bonchev–Trinajstić information content (AvgIpc) is 2.62. The second-order valence-corrected chi connectivity index (χ2v) is 6.68. The summed E-state index contributed by atoms with van der Waals surface area (Å²) in [6.07, 6.45) is 0.434. The third kappa shape index (κ3) is 2.26. The van der Waals surface area contributed by atoms with Crippen molar-refractivity contribution in [2.24, 2.45) is 5.41 Å². The molecule has 1 aromatic carbocycles. The van der Waals surface area contributed by atoms with Gasteiger partial charge in [0.25, 0.3) is 0 Å². The lowest BCUT2D eigenvalue weighted by Crippen LogP contribution is -2.35. The molecule has 0 saturated heterocycles. The van der Waals surface area contributed by atoms with Gasteiger partial charge in [-0.1, -0.05) is 39.0 Å². The van der Waals surface area contributed by atoms with E-state index in [2.05, 4.69) is 26.8 Å². The number of Topliss-reactive ketones (excluding diaryl/α,β-unsaturated/α-hetero) is 1. The standard InChI is InChI=1S/C17H22O3/c1-6-20-15(19)17(5)10-11-9-12(16(2,3)4)7-8-13(11)14(17)18/h7-9H,6,10H2,1-5H3. The lowest BCUT2D eigenvalue weighted by molar-refractivity contribution is -0.151. The zero-order valence-electron chi connectivity index (χ0n) is 12.9. The molecule has 0 fully saturated rings. The first-order valence-electron chi connectivity index (χ1n) is 7.05. The molecule has 0 aliphatic heterocycles. The first-order chi connectivity index (χ1) is 9.20. The van der Waals surface area contributed by atoms with Crippen LogP contribution in [0.1, 0.15) is 56.1 Å². The topological polar surface area (TPSA) is 43.4 Å². The van der Waals surface area contributed by atoms with Crippen LogP contribution in [0.3, 0.4) is 0 Å². The quantitative estimate of drug-likeness (QED) is 0.614. The first kappa shape index (κ1) is 14.8. The summed E-state index contributed by atoms with van der Waals surface area (Å²) < 4.78 is 5.07. The molecule has 0 spiro atoms. The third-order valence-electron chi connectivity index (χ3n) is 3.99. The van der Waals surface area contributed by atoms with Crippen LogP contribution in [0.25, 0.3) is 0 Å². The molecular formula is C17H22O3. The van der Waals surface area contributed by atoms with Gasteiger partial charge < -0.3 is 4.74 Å². The van der Waals surface area contributed by atoms with Gasteiger partial charge in [0.05, 0.1) is 6.61 Å². The van der Waals surface area contributed by atoms with Crippen molar-refractivity contribution in [3.05, 3.63) is 34.9 Å². The molecule has 0 N–H and O–H groups in total. The molecule has 0 aromatic heterocycles. The number of carbonyl (C=O) groups excluding carboxylic acids is 2. The molecule has 2 rings (SSSR count). The lowest BCUT2D eigenvalue weighted by Gasteiger charge is -2.20. The molecule has 0 amide bonds. The molecular weight excluding hydrogens is 252 g/mol. The minimum atomic E-state index is -1.06. The molecule has 0 bridgehead atoms. The van der Waals surface area contributed by atoms with Crippen molar-refractivity contribution in [1.29, 1.82) is 0 Å². The maximum absolute atomic E-state index is 12.5. The van der Waals surface area contributed by atoms with Crippen LogP contribution >= 0.6 is 0 Å². The van der Waals surface area contributed by atoms with Crippen LogP contribution in [0.15, 0.2) is 18.2 Å². The van der Waals surface area contributed by atoms with Gasteiger partial charge in [-0.15, -0.1) is 0 Å². The van der Waals surface area contributed by atoms with Crippen LogP contribution in [0.2, 0.25) is 0 Å². The second kappa shape index (κ2) is 4.72. The van der Waals surface area contributed by atoms with E-state index in [-0.39, 0.29) is 11.2 Å². The van der Waals surface area contributed by atoms with Gasteiger partial charge in [-0.25, -0.2) is 0 Å². The van der Waals surface area contributed by atoms with E-state index < -0.39 is 11.4 Å². The van der Waals surface area contributed by atoms with Gasteiger partial charge in [0.15, 0.2) is 5.78 Å². The number of ether oxygens (including phenoxy) is 1. The smallest absolute Gasteiger partial charge is 0.320 e. The second-order valence-electron chi connectivity index (χ2n) is 6.68. The first-order valence-corrected chi connectivity index (χ1v) is 7.05. The SMILES string of the molecule is CCOC(=O)C1(C)Cc2cc(C(C)(C)C)ccc2C1=O. The van der Waals surface area contributed by atoms with Crippen LogP contribution in [-0.4, -0.2) is 18.4 Å². The van der Waals surface area contributed by atoms with Crippen LogP contribution in [0.4, 0.5) is 0 Å². The van der Waals surface area contributed by atoms with E-state index in [1.165, 1.54) is 5.56 Å². The Kier molecular flexibility index (Phi) is 3.49. The Morgan fingerprint density at radius 3 is 2.55 bits per heavy atom. The van der Waals surface area contributed by atoms with E-state index in [1.807, 2.05) is 12.1 Å². The van der Waals surface area contributed by atoms with Crippen LogP contribution in [0, 0.1) is 5.41 Å². The average molecular weight is 274 g/mol. The van der Waals surface area contributed by atoms with Gasteiger partial charge in [-0.2, -0.15) is 0 Å². The maximum atomic E-state index is 12.5. The molecule has 1 aromatic rings. The van der Waals surface area contributed by atoms with Gasteiger partial charge >= 0.3 is 5.97 Å². The Balaban J connectivity index is 2.41. The highest BCUT2D eigenvalue weighted by atomic mass is 16.5. The van der Waals surface area contributed by atoms with Crippen molar-refractivity contribution < 1.29 is 14.3 Å². The Labute approximate surface area is 120 Å². The number of rotatable bonds is 2. The normalized spacial score (nSPS) is 21.8. The largest absolute Gasteiger partial charge is 0.465 e. The van der Waals surface area contributed by atoms with E-state index >= 15 is 0 Å². The number of esters is 1. The highest BCUT2D eigenvalue weighted by Crippen LogP contribution is 2.39. The summed E-state index contributed by atoms with van der Waals surface area (Å²) in [4.78, 5) is 24.6. The highest BCUT2D eigenvalue weighted by Gasteiger charge is 2.48. The fourth-order valence-electron chi connectivity index (χ4n) is 2.64. The summed E-state index contributed by atoms with van der Waals surface area (Å²) >= 11 is 0. The fraction of sp³-hybridized carbons (Fsp3) is 0.529. The van der Waals surface area contributed by atoms with E-state index in [9.17, 15) is 9.59 Å². The van der Waals surface area contributed by atoms with Crippen molar-refractivity contribution in [2.75, 3.05) is 6.61 Å². The Bertz CT molecular complexity index is 566. The molecule has 1 unspecified atom stereocenters. The monoisotopic (exact) mass is 274 g/mol. The van der Waals surface area contributed by atoms with Crippen molar-refractivity contribution >= 4 is 11.8 Å². The zero-order valence-corrected chi connectivity index (χ0v) is 12.9. The number of ketones is 1. The van der Waals surface area contributed by atoms with E-state index in [0.29, 0.717) is 18.6 Å². The molecule has 0 radical (unpaired) electrons. The minimum absolute atomic E-state index is 0.0288. The zero-order chi connectivity index (χ0) is 15.1. The molecule has 1 aliphatic rings. The summed E-state index contributed by atoms with van der Waals surface area (Å²) in [5.41, 5.74) is 1.76. The van der Waals surface area contributed by atoms with Crippen LogP contribution < -0.4 is 0 Å². The lowest BCUT2D eigenvalue weighted by atomic mass is 9.85. The van der Waals surface area contributed by atoms with Crippen LogP contribution in [-0.2, 0) is 21.4 Å². The highest BCUT2D eigenvalue weighted by molar-refractivity contribution is 6.15. The minimum Gasteiger partial charge on any atom is -0.465 e. The van der Waals surface area contributed by atoms with Gasteiger partial charge in [-0.05, 0) is 36.8 Å². The van der Waals surface area contributed by atoms with Crippen molar-refractivity contribution in [3.63, 3.8) is 0 Å². The molecule has 3 nitrogen and oxygen atoms in total. The van der Waals surface area contributed by atoms with Crippen molar-refractivity contribution in [1.82, 2.24) is 0 Å². The molecule has 1 aliphatic carbocycles. The van der Waals surface area contributed by atoms with Crippen molar-refractivity contribution in [2.45, 2.75) is 46.5 Å². The number of benzene rings is 1. The Morgan fingerprint density at radius 1 is 1.35 bits per heavy atom. The van der Waals surface area contributed by atoms with E-state index in [4.69, 9.17) is 4.74 Å². The molecule has 0 heterocycles. The summed E-state index contributed by atoms with van der Waals surface area (Å²) in [6, 6.07) is 5.88. The summed E-state index contributed by atoms with van der Waals surface area (Å²) in [5, 5.41) is 0. The van der Waals surface area contributed by atoms with E-state index in [0.717, 1.165) is 5.56 Å². The Morgan fingerprint density at radius 2 is 2.00 bits per heavy atom. The molecule has 1 atom stereocenters. The molecule has 108 valence electrons. The van der Waals surface area contributed by atoms with Crippen LogP contribution in [0.5, 0.6) is 0 Å². The number of hydrogen-bond acceptors (Lipinski definition) is 3. The summed E-state index contributed by atoms with van der Waals surface area (Å²) in [5.74, 6) is -0.537. The third-order valence-corrected chi connectivity index (χ3v) is 3.99. The van der Waals surface area contributed by atoms with Crippen molar-refractivity contribution in [3.8, 4) is 0 Å². The summed E-state index contributed by atoms with van der Waals surface area (Å²) in [6.45, 7) is 10.1. The number of fused-ring (bicyclic) bond motifs is 1.